The van der Waals surface area contributed by atoms with Crippen LogP contribution in [0.4, 0.5) is 4.39 Å². The maximum atomic E-state index is 15.0. The molecule has 5 atom stereocenters. The number of hydrogen-bond acceptors (Lipinski definition) is 12. The molecule has 0 amide bonds. The van der Waals surface area contributed by atoms with Crippen LogP contribution in [0, 0.1) is 12.7 Å². The number of aromatic nitrogens is 2. The van der Waals surface area contributed by atoms with Crippen LogP contribution in [0.3, 0.4) is 0 Å². The minimum atomic E-state index is -1.49. The Kier molecular flexibility index (Phi) is 11.1. The number of hydrogen-bond donors (Lipinski definition) is 0. The van der Waals surface area contributed by atoms with Crippen LogP contribution in [0.2, 0.25) is 0 Å². The highest BCUT2D eigenvalue weighted by Crippen LogP contribution is 2.34. The van der Waals surface area contributed by atoms with Gasteiger partial charge in [-0.3, -0.25) is 23.9 Å². The van der Waals surface area contributed by atoms with Crippen molar-refractivity contribution in [1.29, 1.82) is 0 Å². The average Bonchev–Trinajstić information content (AvgIpc) is 3.21. The molecule has 0 aliphatic carbocycles. The van der Waals surface area contributed by atoms with Gasteiger partial charge < -0.3 is 33.2 Å². The largest absolute Gasteiger partial charge is 0.497 e. The zero-order valence-electron chi connectivity index (χ0n) is 25.4. The van der Waals surface area contributed by atoms with Crippen LogP contribution in [0.25, 0.3) is 0 Å². The van der Waals surface area contributed by atoms with E-state index in [0.717, 1.165) is 20.8 Å². The Morgan fingerprint density at radius 3 is 2.09 bits per heavy atom. The molecule has 236 valence electrons. The summed E-state index contributed by atoms with van der Waals surface area (Å²) >= 11 is 0. The fraction of sp³-hybridized carbons (Fsp3) is 0.552. The molecule has 1 aromatic heterocycles. The molecule has 1 aliphatic heterocycles. The van der Waals surface area contributed by atoms with Gasteiger partial charge in [-0.2, -0.15) is 0 Å². The van der Waals surface area contributed by atoms with Gasteiger partial charge in [-0.1, -0.05) is 6.07 Å². The number of ether oxygens (including phenoxy) is 7. The predicted octanol–water partition coefficient (Wildman–Crippen LogP) is 2.97. The van der Waals surface area contributed by atoms with E-state index in [1.165, 1.54) is 20.1 Å². The summed E-state index contributed by atoms with van der Waals surface area (Å²) in [6.45, 7) is 9.73. The summed E-state index contributed by atoms with van der Waals surface area (Å²) in [4.78, 5) is 48.0. The number of carbonyl (C=O) groups excluding carboxylic acids is 4. The maximum Gasteiger partial charge on any atom is 0.303 e. The van der Waals surface area contributed by atoms with Crippen molar-refractivity contribution in [3.05, 3.63) is 40.8 Å². The minimum absolute atomic E-state index is 0.0299. The van der Waals surface area contributed by atoms with Crippen LogP contribution < -0.4 is 9.47 Å². The summed E-state index contributed by atoms with van der Waals surface area (Å²) in [5, 5.41) is 4.58. The molecular weight excluding hydrogens is 571 g/mol. The molecule has 14 heteroatoms. The normalized spacial score (nSPS) is 21.6. The van der Waals surface area contributed by atoms with Crippen molar-refractivity contribution < 1.29 is 56.7 Å². The fourth-order valence-electron chi connectivity index (χ4n) is 4.71. The lowest BCUT2D eigenvalue weighted by Gasteiger charge is -2.43. The molecule has 0 N–H and O–H groups in total. The summed E-state index contributed by atoms with van der Waals surface area (Å²) in [5.41, 5.74) is 1.51. The van der Waals surface area contributed by atoms with Gasteiger partial charge in [0, 0.05) is 57.5 Å². The molecular formula is C29H37FN2O11. The van der Waals surface area contributed by atoms with Crippen LogP contribution in [-0.4, -0.2) is 78.1 Å². The number of esters is 4. The van der Waals surface area contributed by atoms with Gasteiger partial charge in [-0.05, 0) is 32.4 Å². The standard InChI is InChI=1S/C29H37FN2O11/c1-14(2)32-15(3)22(11-20-9-10-21(37-8)12-23(20)30)28(31-32)43-29-27(41-19(7)36)26(40-18(6)35)25(39-17(5)34)24(42-29)13-38-16(4)33/h9-10,12,14,24-27,29H,11,13H2,1-8H3/t24-,25-,26+,27-,29+/m1/s1. The van der Waals surface area contributed by atoms with Crippen LogP contribution in [0.15, 0.2) is 18.2 Å². The molecule has 1 fully saturated rings. The van der Waals surface area contributed by atoms with E-state index < -0.39 is 67.0 Å². The van der Waals surface area contributed by atoms with E-state index in [1.54, 1.807) is 23.7 Å². The van der Waals surface area contributed by atoms with Crippen molar-refractivity contribution in [2.75, 3.05) is 13.7 Å². The Balaban J connectivity index is 2.10. The first-order valence-electron chi connectivity index (χ1n) is 13.6. The smallest absolute Gasteiger partial charge is 0.303 e. The van der Waals surface area contributed by atoms with Crippen LogP contribution in [-0.2, 0) is 49.3 Å². The molecule has 2 aromatic rings. The SMILES string of the molecule is COc1ccc(Cc2c(O[C@@H]3O[C@H](COC(C)=O)[C@@H](OC(C)=O)[C@H](OC(C)=O)[C@H]3OC(C)=O)nn(C(C)C)c2C)c(F)c1. The van der Waals surface area contributed by atoms with E-state index in [2.05, 4.69) is 5.10 Å². The molecule has 0 bridgehead atoms. The molecule has 13 nitrogen and oxygen atoms in total. The quantitative estimate of drug-likeness (QED) is 0.272. The Labute approximate surface area is 248 Å². The molecule has 1 saturated heterocycles. The molecule has 43 heavy (non-hydrogen) atoms. The van der Waals surface area contributed by atoms with Crippen molar-refractivity contribution in [2.45, 2.75) is 91.6 Å². The number of benzene rings is 1. The second-order valence-corrected chi connectivity index (χ2v) is 10.2. The Hall–Kier alpha value is -4.20. The molecule has 0 saturated carbocycles. The fourth-order valence-corrected chi connectivity index (χ4v) is 4.71. The lowest BCUT2D eigenvalue weighted by atomic mass is 9.98. The number of rotatable bonds is 11. The van der Waals surface area contributed by atoms with Crippen LogP contribution in [0.1, 0.15) is 64.4 Å². The van der Waals surface area contributed by atoms with Gasteiger partial charge in [0.05, 0.1) is 7.11 Å². The van der Waals surface area contributed by atoms with E-state index in [-0.39, 0.29) is 18.3 Å². The lowest BCUT2D eigenvalue weighted by molar-refractivity contribution is -0.289. The third-order valence-electron chi connectivity index (χ3n) is 6.53. The number of nitrogens with zero attached hydrogens (tertiary/aromatic N) is 2. The van der Waals surface area contributed by atoms with Crippen molar-refractivity contribution in [2.24, 2.45) is 0 Å². The molecule has 1 aliphatic rings. The van der Waals surface area contributed by atoms with Gasteiger partial charge in [0.25, 0.3) is 0 Å². The van der Waals surface area contributed by atoms with Crippen molar-refractivity contribution in [1.82, 2.24) is 9.78 Å². The molecule has 2 heterocycles. The minimum Gasteiger partial charge on any atom is -0.497 e. The topological polar surface area (TPSA) is 151 Å². The summed E-state index contributed by atoms with van der Waals surface area (Å²) in [5.74, 6) is -3.08. The van der Waals surface area contributed by atoms with E-state index >= 15 is 0 Å². The zero-order valence-corrected chi connectivity index (χ0v) is 25.4. The first-order chi connectivity index (χ1) is 20.2. The summed E-state index contributed by atoms with van der Waals surface area (Å²) < 4.78 is 55.5. The lowest BCUT2D eigenvalue weighted by Crippen LogP contribution is -2.63. The van der Waals surface area contributed by atoms with E-state index in [9.17, 15) is 23.6 Å². The Morgan fingerprint density at radius 1 is 0.953 bits per heavy atom. The molecule has 0 spiro atoms. The third-order valence-corrected chi connectivity index (χ3v) is 6.53. The molecule has 1 aromatic carbocycles. The van der Waals surface area contributed by atoms with E-state index in [0.29, 0.717) is 22.6 Å². The molecule has 3 rings (SSSR count). The van der Waals surface area contributed by atoms with Crippen molar-refractivity contribution >= 4 is 23.9 Å². The number of halogens is 1. The predicted molar refractivity (Wildman–Crippen MR) is 146 cm³/mol. The highest BCUT2D eigenvalue weighted by atomic mass is 19.1. The van der Waals surface area contributed by atoms with E-state index in [4.69, 9.17) is 33.2 Å². The van der Waals surface area contributed by atoms with Gasteiger partial charge in [0.15, 0.2) is 12.2 Å². The Bertz CT molecular complexity index is 1340. The van der Waals surface area contributed by atoms with Gasteiger partial charge in [0.2, 0.25) is 18.3 Å². The highest BCUT2D eigenvalue weighted by Gasteiger charge is 2.53. The zero-order chi connectivity index (χ0) is 32.0. The van der Waals surface area contributed by atoms with E-state index in [1.807, 2.05) is 13.8 Å². The summed E-state index contributed by atoms with van der Waals surface area (Å²) in [6, 6.07) is 4.35. The molecule has 0 radical (unpaired) electrons. The monoisotopic (exact) mass is 608 g/mol. The second-order valence-electron chi connectivity index (χ2n) is 10.2. The van der Waals surface area contributed by atoms with Crippen molar-refractivity contribution in [3.63, 3.8) is 0 Å². The van der Waals surface area contributed by atoms with Gasteiger partial charge >= 0.3 is 23.9 Å². The first kappa shape index (κ1) is 33.3. The second kappa shape index (κ2) is 14.3. The Morgan fingerprint density at radius 2 is 1.56 bits per heavy atom. The molecule has 0 unspecified atom stereocenters. The highest BCUT2D eigenvalue weighted by molar-refractivity contribution is 5.68. The van der Waals surface area contributed by atoms with Gasteiger partial charge in [0.1, 0.15) is 24.3 Å². The number of carbonyl (C=O) groups is 4. The first-order valence-corrected chi connectivity index (χ1v) is 13.6. The average molecular weight is 609 g/mol. The van der Waals surface area contributed by atoms with Gasteiger partial charge in [-0.15, -0.1) is 5.10 Å². The summed E-state index contributed by atoms with van der Waals surface area (Å²) in [6.07, 6.45) is -6.84. The van der Waals surface area contributed by atoms with Crippen molar-refractivity contribution in [3.8, 4) is 11.6 Å². The van der Waals surface area contributed by atoms with Crippen LogP contribution in [0.5, 0.6) is 11.6 Å². The third kappa shape index (κ3) is 8.43. The maximum absolute atomic E-state index is 15.0. The summed E-state index contributed by atoms with van der Waals surface area (Å²) in [7, 11) is 1.44. The van der Waals surface area contributed by atoms with Gasteiger partial charge in [-0.25, -0.2) is 4.39 Å². The van der Waals surface area contributed by atoms with Crippen LogP contribution >= 0.6 is 0 Å². The number of methoxy groups -OCH3 is 1.